The Morgan fingerprint density at radius 1 is 1.10 bits per heavy atom. The minimum absolute atomic E-state index is 0.524. The molecule has 0 fully saturated rings. The first-order chi connectivity index (χ1) is 4.68. The number of hydrogen-bond acceptors (Lipinski definition) is 3. The van der Waals surface area contributed by atoms with Gasteiger partial charge in [-0.15, -0.1) is 0 Å². The summed E-state index contributed by atoms with van der Waals surface area (Å²) in [6.45, 7) is 6.63. The molecule has 0 saturated heterocycles. The second-order valence-corrected chi connectivity index (χ2v) is 4.64. The van der Waals surface area contributed by atoms with Crippen molar-refractivity contribution < 1.29 is 13.6 Å². The molecule has 0 aliphatic carbocycles. The van der Waals surface area contributed by atoms with Gasteiger partial charge in [0.25, 0.3) is 0 Å². The SMILES string of the molecule is CCO[Si](O)(CC)OCC. The molecule has 0 rings (SSSR count). The predicted molar refractivity (Wildman–Crippen MR) is 41.7 cm³/mol. The molecular weight excluding hydrogens is 148 g/mol. The molecule has 0 aliphatic rings. The van der Waals surface area contributed by atoms with Gasteiger partial charge in [0.1, 0.15) is 0 Å². The second kappa shape index (κ2) is 4.84. The summed E-state index contributed by atoms with van der Waals surface area (Å²) < 4.78 is 10.2. The van der Waals surface area contributed by atoms with Crippen LogP contribution >= 0.6 is 0 Å². The summed E-state index contributed by atoms with van der Waals surface area (Å²) >= 11 is 0. The first kappa shape index (κ1) is 10.1. The van der Waals surface area contributed by atoms with Crippen molar-refractivity contribution >= 4 is 8.80 Å². The molecule has 0 aromatic heterocycles. The van der Waals surface area contributed by atoms with Gasteiger partial charge in [0.05, 0.1) is 0 Å². The van der Waals surface area contributed by atoms with Crippen molar-refractivity contribution in [3.05, 3.63) is 0 Å². The summed E-state index contributed by atoms with van der Waals surface area (Å²) in [6, 6.07) is 0.592. The highest BCUT2D eigenvalue weighted by atomic mass is 28.4. The quantitative estimate of drug-likeness (QED) is 0.616. The number of hydrogen-bond donors (Lipinski definition) is 1. The van der Waals surface area contributed by atoms with E-state index in [4.69, 9.17) is 8.85 Å². The maximum atomic E-state index is 9.51. The van der Waals surface area contributed by atoms with E-state index in [1.54, 1.807) is 0 Å². The van der Waals surface area contributed by atoms with Gasteiger partial charge in [-0.2, -0.15) is 0 Å². The van der Waals surface area contributed by atoms with Crippen molar-refractivity contribution in [2.45, 2.75) is 26.8 Å². The predicted octanol–water partition coefficient (Wildman–Crippen LogP) is 1.01. The van der Waals surface area contributed by atoms with Crippen molar-refractivity contribution in [2.75, 3.05) is 13.2 Å². The summed E-state index contributed by atoms with van der Waals surface area (Å²) in [5, 5.41) is 0. The zero-order valence-electron chi connectivity index (χ0n) is 6.89. The van der Waals surface area contributed by atoms with Crippen LogP contribution in [0.15, 0.2) is 0 Å². The van der Waals surface area contributed by atoms with Crippen molar-refractivity contribution in [2.24, 2.45) is 0 Å². The molecule has 3 nitrogen and oxygen atoms in total. The Hall–Kier alpha value is 0.0969. The average molecular weight is 164 g/mol. The first-order valence-corrected chi connectivity index (χ1v) is 5.65. The van der Waals surface area contributed by atoms with E-state index in [-0.39, 0.29) is 0 Å². The lowest BCUT2D eigenvalue weighted by atomic mass is 10.9. The summed E-state index contributed by atoms with van der Waals surface area (Å²) in [7, 11) is -2.72. The van der Waals surface area contributed by atoms with E-state index in [1.165, 1.54) is 0 Å². The topological polar surface area (TPSA) is 38.7 Å². The third kappa shape index (κ3) is 3.31. The van der Waals surface area contributed by atoms with Gasteiger partial charge in [-0.3, -0.25) is 0 Å². The summed E-state index contributed by atoms with van der Waals surface area (Å²) in [5.41, 5.74) is 0. The zero-order valence-corrected chi connectivity index (χ0v) is 7.89. The van der Waals surface area contributed by atoms with Gasteiger partial charge in [-0.1, -0.05) is 6.92 Å². The summed E-state index contributed by atoms with van der Waals surface area (Å²) in [5.74, 6) is 0. The highest BCUT2D eigenvalue weighted by Gasteiger charge is 2.33. The minimum atomic E-state index is -2.72. The molecule has 0 aromatic carbocycles. The maximum Gasteiger partial charge on any atom is 0.497 e. The van der Waals surface area contributed by atoms with E-state index in [1.807, 2.05) is 20.8 Å². The van der Waals surface area contributed by atoms with Crippen molar-refractivity contribution in [1.29, 1.82) is 0 Å². The monoisotopic (exact) mass is 164 g/mol. The molecule has 0 amide bonds. The molecule has 0 heterocycles. The Kier molecular flexibility index (Phi) is 4.89. The van der Waals surface area contributed by atoms with Crippen LogP contribution in [0.1, 0.15) is 20.8 Å². The zero-order chi connectivity index (χ0) is 8.04. The second-order valence-electron chi connectivity index (χ2n) is 1.93. The minimum Gasteiger partial charge on any atom is -0.390 e. The number of rotatable bonds is 5. The van der Waals surface area contributed by atoms with Crippen LogP contribution in [0.25, 0.3) is 0 Å². The van der Waals surface area contributed by atoms with Gasteiger partial charge < -0.3 is 13.6 Å². The molecule has 0 bridgehead atoms. The fourth-order valence-electron chi connectivity index (χ4n) is 0.697. The fraction of sp³-hybridized carbons (Fsp3) is 1.00. The van der Waals surface area contributed by atoms with Crippen LogP contribution in [0.5, 0.6) is 0 Å². The molecule has 0 aromatic rings. The average Bonchev–Trinajstić information content (AvgIpc) is 1.89. The van der Waals surface area contributed by atoms with E-state index in [0.29, 0.717) is 19.3 Å². The standard InChI is InChI=1S/C6H16O3Si/c1-4-8-10(7,6-3)9-5-2/h7H,4-6H2,1-3H3. The van der Waals surface area contributed by atoms with E-state index < -0.39 is 8.80 Å². The Morgan fingerprint density at radius 2 is 1.50 bits per heavy atom. The normalized spacial score (nSPS) is 12.0. The van der Waals surface area contributed by atoms with E-state index in [9.17, 15) is 4.80 Å². The van der Waals surface area contributed by atoms with Crippen molar-refractivity contribution in [3.8, 4) is 0 Å². The molecule has 1 N–H and O–H groups in total. The first-order valence-electron chi connectivity index (χ1n) is 3.68. The molecule has 0 radical (unpaired) electrons. The Bertz CT molecular complexity index is 81.1. The van der Waals surface area contributed by atoms with Crippen molar-refractivity contribution in [3.63, 3.8) is 0 Å². The van der Waals surface area contributed by atoms with Gasteiger partial charge in [0.2, 0.25) is 0 Å². The lowest BCUT2D eigenvalue weighted by Gasteiger charge is -2.20. The lowest BCUT2D eigenvalue weighted by molar-refractivity contribution is 0.110. The molecule has 10 heavy (non-hydrogen) atoms. The van der Waals surface area contributed by atoms with E-state index in [0.717, 1.165) is 0 Å². The highest BCUT2D eigenvalue weighted by molar-refractivity contribution is 6.59. The van der Waals surface area contributed by atoms with Gasteiger partial charge in [0.15, 0.2) is 0 Å². The smallest absolute Gasteiger partial charge is 0.390 e. The highest BCUT2D eigenvalue weighted by Crippen LogP contribution is 2.07. The molecular formula is C6H16O3Si. The van der Waals surface area contributed by atoms with Crippen LogP contribution in [0.4, 0.5) is 0 Å². The van der Waals surface area contributed by atoms with Crippen LogP contribution in [-0.2, 0) is 8.85 Å². The van der Waals surface area contributed by atoms with Crippen LogP contribution in [-0.4, -0.2) is 26.8 Å². The largest absolute Gasteiger partial charge is 0.497 e. The van der Waals surface area contributed by atoms with Gasteiger partial charge in [-0.25, -0.2) is 0 Å². The van der Waals surface area contributed by atoms with Gasteiger partial charge in [-0.05, 0) is 13.8 Å². The Morgan fingerprint density at radius 3 is 1.70 bits per heavy atom. The molecule has 0 atom stereocenters. The fourth-order valence-corrected chi connectivity index (χ4v) is 2.09. The van der Waals surface area contributed by atoms with E-state index >= 15 is 0 Å². The van der Waals surface area contributed by atoms with Crippen molar-refractivity contribution in [1.82, 2.24) is 0 Å². The van der Waals surface area contributed by atoms with Crippen LogP contribution in [0, 0.1) is 0 Å². The molecule has 4 heteroatoms. The third-order valence-electron chi connectivity index (χ3n) is 1.19. The molecule has 0 saturated carbocycles. The molecule has 0 spiro atoms. The summed E-state index contributed by atoms with van der Waals surface area (Å²) in [6.07, 6.45) is 0. The third-order valence-corrected chi connectivity index (χ3v) is 3.56. The van der Waals surface area contributed by atoms with Crippen LogP contribution < -0.4 is 0 Å². The Balaban J connectivity index is 3.69. The molecule has 0 unspecified atom stereocenters. The lowest BCUT2D eigenvalue weighted by Crippen LogP contribution is -2.41. The maximum absolute atomic E-state index is 9.51. The molecule has 62 valence electrons. The van der Waals surface area contributed by atoms with Gasteiger partial charge >= 0.3 is 8.80 Å². The summed E-state index contributed by atoms with van der Waals surface area (Å²) in [4.78, 5) is 9.51. The van der Waals surface area contributed by atoms with Crippen LogP contribution in [0.3, 0.4) is 0 Å². The Labute approximate surface area is 63.3 Å². The van der Waals surface area contributed by atoms with E-state index in [2.05, 4.69) is 0 Å². The molecule has 0 aliphatic heterocycles. The van der Waals surface area contributed by atoms with Gasteiger partial charge in [0, 0.05) is 19.3 Å². The van der Waals surface area contributed by atoms with Crippen LogP contribution in [0.2, 0.25) is 6.04 Å².